The molecule has 0 bridgehead atoms. The molecule has 2 saturated carbocycles. The molecule has 0 amide bonds. The monoisotopic (exact) mass is 237 g/mol. The molecule has 3 aliphatic rings. The first-order chi connectivity index (χ1) is 8.06. The second-order valence-corrected chi connectivity index (χ2v) is 7.40. The van der Waals surface area contributed by atoms with Gasteiger partial charge in [0, 0.05) is 19.6 Å². The van der Waals surface area contributed by atoms with Crippen molar-refractivity contribution < 1.29 is 5.11 Å². The van der Waals surface area contributed by atoms with E-state index in [1.54, 1.807) is 0 Å². The molecule has 0 aromatic heterocycles. The van der Waals surface area contributed by atoms with Crippen molar-refractivity contribution in [3.05, 3.63) is 0 Å². The van der Waals surface area contributed by atoms with Crippen molar-refractivity contribution in [1.29, 1.82) is 0 Å². The van der Waals surface area contributed by atoms with Gasteiger partial charge in [-0.2, -0.15) is 0 Å². The molecule has 17 heavy (non-hydrogen) atoms. The van der Waals surface area contributed by atoms with Crippen molar-refractivity contribution in [2.75, 3.05) is 19.6 Å². The molecular weight excluding hydrogens is 210 g/mol. The molecule has 1 aliphatic heterocycles. The normalized spacial score (nSPS) is 45.4. The molecule has 0 aromatic carbocycles. The summed E-state index contributed by atoms with van der Waals surface area (Å²) in [6, 6.07) is 0. The van der Waals surface area contributed by atoms with Gasteiger partial charge in [0.2, 0.25) is 0 Å². The van der Waals surface area contributed by atoms with Crippen LogP contribution in [0, 0.1) is 23.2 Å². The SMILES string of the molecule is CC1(C)CCC(CN2CC3CCCC3C2)C1O. The Morgan fingerprint density at radius 2 is 1.76 bits per heavy atom. The quantitative estimate of drug-likeness (QED) is 0.797. The second-order valence-electron chi connectivity index (χ2n) is 7.40. The zero-order valence-electron chi connectivity index (χ0n) is 11.4. The Kier molecular flexibility index (Phi) is 2.99. The van der Waals surface area contributed by atoms with Crippen molar-refractivity contribution >= 4 is 0 Å². The molecule has 2 aliphatic carbocycles. The number of aliphatic hydroxyl groups excluding tert-OH is 1. The van der Waals surface area contributed by atoms with Gasteiger partial charge < -0.3 is 10.0 Å². The summed E-state index contributed by atoms with van der Waals surface area (Å²) < 4.78 is 0. The van der Waals surface area contributed by atoms with E-state index in [1.807, 2.05) is 0 Å². The molecule has 3 rings (SSSR count). The van der Waals surface area contributed by atoms with Crippen LogP contribution in [-0.2, 0) is 0 Å². The lowest BCUT2D eigenvalue weighted by Crippen LogP contribution is -2.36. The van der Waals surface area contributed by atoms with Gasteiger partial charge in [-0.25, -0.2) is 0 Å². The minimum Gasteiger partial charge on any atom is -0.392 e. The maximum Gasteiger partial charge on any atom is 0.0631 e. The lowest BCUT2D eigenvalue weighted by atomic mass is 9.87. The third-order valence-electron chi connectivity index (χ3n) is 5.70. The van der Waals surface area contributed by atoms with E-state index in [4.69, 9.17) is 0 Å². The molecule has 4 atom stereocenters. The molecule has 1 saturated heterocycles. The highest BCUT2D eigenvalue weighted by atomic mass is 16.3. The third kappa shape index (κ3) is 2.15. The van der Waals surface area contributed by atoms with Crippen LogP contribution >= 0.6 is 0 Å². The van der Waals surface area contributed by atoms with Crippen molar-refractivity contribution in [2.24, 2.45) is 23.2 Å². The Morgan fingerprint density at radius 1 is 1.12 bits per heavy atom. The van der Waals surface area contributed by atoms with Gasteiger partial charge in [-0.1, -0.05) is 20.3 Å². The molecule has 2 heteroatoms. The number of hydrogen-bond donors (Lipinski definition) is 1. The van der Waals surface area contributed by atoms with E-state index in [0.29, 0.717) is 5.92 Å². The highest BCUT2D eigenvalue weighted by Crippen LogP contribution is 2.43. The smallest absolute Gasteiger partial charge is 0.0631 e. The lowest BCUT2D eigenvalue weighted by Gasteiger charge is -2.28. The molecule has 1 N–H and O–H groups in total. The van der Waals surface area contributed by atoms with Crippen LogP contribution in [0.5, 0.6) is 0 Å². The van der Waals surface area contributed by atoms with Crippen molar-refractivity contribution in [3.63, 3.8) is 0 Å². The minimum absolute atomic E-state index is 0.0806. The summed E-state index contributed by atoms with van der Waals surface area (Å²) in [4.78, 5) is 2.64. The Bertz CT molecular complexity index is 277. The molecule has 0 spiro atoms. The molecule has 98 valence electrons. The van der Waals surface area contributed by atoms with Gasteiger partial charge in [0.25, 0.3) is 0 Å². The molecule has 0 aromatic rings. The van der Waals surface area contributed by atoms with E-state index in [9.17, 15) is 5.11 Å². The van der Waals surface area contributed by atoms with E-state index in [-0.39, 0.29) is 11.5 Å². The minimum atomic E-state index is -0.0806. The summed E-state index contributed by atoms with van der Waals surface area (Å²) in [5.74, 6) is 2.51. The number of likely N-dealkylation sites (tertiary alicyclic amines) is 1. The fourth-order valence-corrected chi connectivity index (χ4v) is 4.51. The number of rotatable bonds is 2. The molecule has 4 unspecified atom stereocenters. The van der Waals surface area contributed by atoms with Crippen molar-refractivity contribution in [1.82, 2.24) is 4.90 Å². The van der Waals surface area contributed by atoms with Crippen LogP contribution in [0.4, 0.5) is 0 Å². The number of aliphatic hydroxyl groups is 1. The first-order valence-corrected chi connectivity index (χ1v) is 7.47. The van der Waals surface area contributed by atoms with Crippen LogP contribution in [0.2, 0.25) is 0 Å². The Morgan fingerprint density at radius 3 is 2.29 bits per heavy atom. The molecular formula is C15H27NO. The molecule has 0 radical (unpaired) electrons. The first-order valence-electron chi connectivity index (χ1n) is 7.47. The van der Waals surface area contributed by atoms with Crippen LogP contribution in [0.3, 0.4) is 0 Å². The topological polar surface area (TPSA) is 23.5 Å². The fourth-order valence-electron chi connectivity index (χ4n) is 4.51. The Hall–Kier alpha value is -0.0800. The highest BCUT2D eigenvalue weighted by molar-refractivity contribution is 4.95. The van der Waals surface area contributed by atoms with E-state index in [1.165, 1.54) is 45.2 Å². The number of nitrogens with zero attached hydrogens (tertiary/aromatic N) is 1. The maximum absolute atomic E-state index is 10.4. The van der Waals surface area contributed by atoms with E-state index < -0.39 is 0 Å². The second kappa shape index (κ2) is 4.24. The zero-order chi connectivity index (χ0) is 12.0. The van der Waals surface area contributed by atoms with Crippen LogP contribution in [-0.4, -0.2) is 35.7 Å². The highest BCUT2D eigenvalue weighted by Gasteiger charge is 2.43. The summed E-state index contributed by atoms with van der Waals surface area (Å²) in [7, 11) is 0. The summed E-state index contributed by atoms with van der Waals surface area (Å²) in [6.45, 7) is 8.22. The van der Waals surface area contributed by atoms with Crippen LogP contribution in [0.25, 0.3) is 0 Å². The summed E-state index contributed by atoms with van der Waals surface area (Å²) >= 11 is 0. The number of fused-ring (bicyclic) bond motifs is 1. The molecule has 3 fully saturated rings. The van der Waals surface area contributed by atoms with Crippen LogP contribution < -0.4 is 0 Å². The maximum atomic E-state index is 10.4. The summed E-state index contributed by atoms with van der Waals surface area (Å²) in [6.07, 6.45) is 6.71. The van der Waals surface area contributed by atoms with Crippen molar-refractivity contribution in [3.8, 4) is 0 Å². The predicted octanol–water partition coefficient (Wildman–Crippen LogP) is 2.52. The zero-order valence-corrected chi connectivity index (χ0v) is 11.4. The third-order valence-corrected chi connectivity index (χ3v) is 5.70. The van der Waals surface area contributed by atoms with Crippen molar-refractivity contribution in [2.45, 2.75) is 52.1 Å². The fraction of sp³-hybridized carbons (Fsp3) is 1.00. The number of hydrogen-bond acceptors (Lipinski definition) is 2. The summed E-state index contributed by atoms with van der Waals surface area (Å²) in [5, 5.41) is 10.4. The van der Waals surface area contributed by atoms with E-state index in [2.05, 4.69) is 18.7 Å². The largest absolute Gasteiger partial charge is 0.392 e. The van der Waals surface area contributed by atoms with Gasteiger partial charge in [0.1, 0.15) is 0 Å². The average molecular weight is 237 g/mol. The van der Waals surface area contributed by atoms with Crippen LogP contribution in [0.15, 0.2) is 0 Å². The Balaban J connectivity index is 1.55. The lowest BCUT2D eigenvalue weighted by molar-refractivity contribution is 0.0345. The van der Waals surface area contributed by atoms with Gasteiger partial charge in [-0.05, 0) is 48.9 Å². The van der Waals surface area contributed by atoms with E-state index >= 15 is 0 Å². The first kappa shape index (κ1) is 12.0. The van der Waals surface area contributed by atoms with Gasteiger partial charge in [-0.15, -0.1) is 0 Å². The predicted molar refractivity (Wildman–Crippen MR) is 69.8 cm³/mol. The van der Waals surface area contributed by atoms with Gasteiger partial charge >= 0.3 is 0 Å². The molecule has 1 heterocycles. The average Bonchev–Trinajstić information content (AvgIpc) is 2.88. The Labute approximate surface area is 105 Å². The molecule has 2 nitrogen and oxygen atoms in total. The van der Waals surface area contributed by atoms with Gasteiger partial charge in [-0.3, -0.25) is 0 Å². The van der Waals surface area contributed by atoms with Gasteiger partial charge in [0.15, 0.2) is 0 Å². The van der Waals surface area contributed by atoms with E-state index in [0.717, 1.165) is 18.4 Å². The van der Waals surface area contributed by atoms with Gasteiger partial charge in [0.05, 0.1) is 6.10 Å². The summed E-state index contributed by atoms with van der Waals surface area (Å²) in [5.41, 5.74) is 0.153. The standard InChI is InChI=1S/C15H27NO/c1-15(2)7-6-13(14(15)17)10-16-8-11-4-3-5-12(11)9-16/h11-14,17H,3-10H2,1-2H3. The van der Waals surface area contributed by atoms with Crippen LogP contribution in [0.1, 0.15) is 46.0 Å².